The Morgan fingerprint density at radius 1 is 1.03 bits per heavy atom. The summed E-state index contributed by atoms with van der Waals surface area (Å²) >= 11 is 0. The summed E-state index contributed by atoms with van der Waals surface area (Å²) in [5.74, 6) is 0.200. The molecule has 0 N–H and O–H groups in total. The summed E-state index contributed by atoms with van der Waals surface area (Å²) < 4.78 is 0. The second-order valence-electron chi connectivity index (χ2n) is 7.48. The Morgan fingerprint density at radius 3 is 2.48 bits per heavy atom. The lowest BCUT2D eigenvalue weighted by molar-refractivity contribution is -0.130. The first-order valence-corrected chi connectivity index (χ1v) is 22.9. The van der Waals surface area contributed by atoms with E-state index < -0.39 is 0 Å². The molecule has 8 unspecified atom stereocenters. The Kier molecular flexibility index (Phi) is 11.0. The Bertz CT molecular complexity index is 933. The van der Waals surface area contributed by atoms with Crippen LogP contribution >= 0.6 is 66.2 Å². The SMILES string of the molecule is CN1CCc2cncc(P(P)PP)c2C1.CN1Cc2c(ccnc2P(P)PP)CC1=O. The molecule has 13 heteroatoms. The van der Waals surface area contributed by atoms with Gasteiger partial charge in [0.2, 0.25) is 5.91 Å². The van der Waals surface area contributed by atoms with Gasteiger partial charge in [0.15, 0.2) is 0 Å². The van der Waals surface area contributed by atoms with Gasteiger partial charge < -0.3 is 9.80 Å². The molecule has 31 heavy (non-hydrogen) atoms. The fourth-order valence-corrected chi connectivity index (χ4v) is 10.9. The van der Waals surface area contributed by atoms with Crippen LogP contribution in [0, 0.1) is 0 Å². The van der Waals surface area contributed by atoms with Crippen molar-refractivity contribution in [3.63, 3.8) is 0 Å². The number of rotatable bonds is 4. The fourth-order valence-electron chi connectivity index (χ4n) is 3.60. The highest BCUT2D eigenvalue weighted by atomic mass is 32.6. The van der Waals surface area contributed by atoms with Crippen LogP contribution in [0.1, 0.15) is 22.3 Å². The van der Waals surface area contributed by atoms with E-state index in [1.165, 1.54) is 27.4 Å². The Hall–Kier alpha value is 1.17. The molecule has 0 aromatic carbocycles. The van der Waals surface area contributed by atoms with E-state index >= 15 is 0 Å². The van der Waals surface area contributed by atoms with Gasteiger partial charge in [-0.3, -0.25) is 14.8 Å². The molecule has 0 bridgehead atoms. The number of nitrogens with zero attached hydrogens (tertiary/aromatic N) is 4. The molecule has 5 nitrogen and oxygen atoms in total. The first kappa shape index (κ1) is 26.8. The van der Waals surface area contributed by atoms with Gasteiger partial charge in [-0.05, 0) is 50.8 Å². The van der Waals surface area contributed by atoms with E-state index in [2.05, 4.69) is 63.8 Å². The number of fused-ring (bicyclic) bond motifs is 2. The quantitative estimate of drug-likeness (QED) is 0.521. The number of hydrogen-bond acceptors (Lipinski definition) is 4. The van der Waals surface area contributed by atoms with E-state index in [1.807, 2.05) is 25.5 Å². The molecule has 8 atom stereocenters. The van der Waals surface area contributed by atoms with Crippen LogP contribution in [0.15, 0.2) is 24.7 Å². The molecule has 2 aliphatic heterocycles. The molecular formula is C18H30N4OP8. The van der Waals surface area contributed by atoms with Crippen molar-refractivity contribution < 1.29 is 4.79 Å². The predicted molar refractivity (Wildman–Crippen MR) is 157 cm³/mol. The Morgan fingerprint density at radius 2 is 1.77 bits per heavy atom. The summed E-state index contributed by atoms with van der Waals surface area (Å²) in [5, 5.41) is 1.48. The first-order chi connectivity index (χ1) is 14.8. The minimum absolute atomic E-state index is 0.0889. The third kappa shape index (κ3) is 6.86. The molecule has 4 rings (SSSR count). The van der Waals surface area contributed by atoms with E-state index in [0.29, 0.717) is 13.0 Å². The van der Waals surface area contributed by atoms with Crippen molar-refractivity contribution in [3.8, 4) is 0 Å². The van der Waals surface area contributed by atoms with Crippen LogP contribution in [0.3, 0.4) is 0 Å². The van der Waals surface area contributed by atoms with Crippen LogP contribution in [0.4, 0.5) is 0 Å². The molecule has 0 spiro atoms. The normalized spacial score (nSPS) is 18.6. The minimum atomic E-state index is -0.263. The van der Waals surface area contributed by atoms with Gasteiger partial charge in [-0.25, -0.2) is 0 Å². The third-order valence-corrected chi connectivity index (χ3v) is 25.3. The van der Waals surface area contributed by atoms with Gasteiger partial charge in [0.1, 0.15) is 0 Å². The average molecular weight is 566 g/mol. The van der Waals surface area contributed by atoms with E-state index in [9.17, 15) is 4.79 Å². The second-order valence-corrected chi connectivity index (χ2v) is 25.7. The van der Waals surface area contributed by atoms with Gasteiger partial charge in [-0.1, -0.05) is 15.9 Å². The second kappa shape index (κ2) is 12.8. The maximum absolute atomic E-state index is 11.6. The molecule has 0 fully saturated rings. The van der Waals surface area contributed by atoms with Crippen molar-refractivity contribution in [1.29, 1.82) is 0 Å². The Labute approximate surface area is 200 Å². The molecule has 2 aromatic heterocycles. The summed E-state index contributed by atoms with van der Waals surface area (Å²) in [6.45, 7) is 2.96. The lowest BCUT2D eigenvalue weighted by atomic mass is 10.0. The molecular weight excluding hydrogens is 536 g/mol. The Balaban J connectivity index is 0.000000176. The largest absolute Gasteiger partial charge is 0.341 e. The lowest BCUT2D eigenvalue weighted by Crippen LogP contribution is -2.35. The zero-order chi connectivity index (χ0) is 22.5. The van der Waals surface area contributed by atoms with E-state index in [4.69, 9.17) is 0 Å². The van der Waals surface area contributed by atoms with Crippen molar-refractivity contribution >= 4 is 82.9 Å². The lowest BCUT2D eigenvalue weighted by Gasteiger charge is -2.27. The van der Waals surface area contributed by atoms with Gasteiger partial charge in [-0.15, -0.1) is 35.7 Å². The molecule has 0 aliphatic carbocycles. The zero-order valence-electron chi connectivity index (χ0n) is 17.7. The van der Waals surface area contributed by atoms with Crippen LogP contribution in [0.5, 0.6) is 0 Å². The molecule has 0 saturated heterocycles. The highest BCUT2D eigenvalue weighted by Crippen LogP contribution is 2.65. The summed E-state index contributed by atoms with van der Waals surface area (Å²) in [6, 6.07) is 1.98. The molecule has 1 amide bonds. The topological polar surface area (TPSA) is 49.3 Å². The van der Waals surface area contributed by atoms with Crippen molar-refractivity contribution in [2.75, 3.05) is 20.6 Å². The molecule has 4 heterocycles. The van der Waals surface area contributed by atoms with Crippen LogP contribution in [-0.2, 0) is 30.7 Å². The molecule has 2 aliphatic rings. The molecule has 0 radical (unpaired) electrons. The predicted octanol–water partition coefficient (Wildman–Crippen LogP) is 4.23. The molecule has 0 saturated carbocycles. The summed E-state index contributed by atoms with van der Waals surface area (Å²) in [4.78, 5) is 24.6. The number of pyridine rings is 2. The maximum atomic E-state index is 11.6. The zero-order valence-corrected chi connectivity index (χ0v) is 26.2. The maximum Gasteiger partial charge on any atom is 0.227 e. The van der Waals surface area contributed by atoms with Crippen LogP contribution in [0.2, 0.25) is 0 Å². The number of likely N-dealkylation sites (N-methyl/N-ethyl adjacent to an activating group) is 2. The van der Waals surface area contributed by atoms with Crippen LogP contribution in [-0.4, -0.2) is 46.3 Å². The van der Waals surface area contributed by atoms with Crippen LogP contribution in [0.25, 0.3) is 0 Å². The van der Waals surface area contributed by atoms with E-state index in [0.717, 1.165) is 41.0 Å². The fraction of sp³-hybridized carbons (Fsp3) is 0.389. The summed E-state index contributed by atoms with van der Waals surface area (Å²) in [5.41, 5.74) is 6.61. The highest BCUT2D eigenvalue weighted by Gasteiger charge is 2.24. The average Bonchev–Trinajstić information content (AvgIpc) is 2.78. The highest BCUT2D eigenvalue weighted by molar-refractivity contribution is 8.63. The number of amides is 1. The van der Waals surface area contributed by atoms with Crippen molar-refractivity contribution in [3.05, 3.63) is 46.9 Å². The van der Waals surface area contributed by atoms with Crippen molar-refractivity contribution in [2.24, 2.45) is 0 Å². The standard InChI is InChI=1S/C9H14N2OP4.C9H16N2P4/c1-11-5-7-6(4-8(11)12)2-3-10-9(7)16(14)15-13;1-11-3-2-7-4-10-5-9(8(7)6-11)15(13)14-12/h2-3,15H,4-5,13-14H2,1H3;4-5,14H,2-3,6,12-13H2,1H3. The summed E-state index contributed by atoms with van der Waals surface area (Å²) in [6.07, 6.45) is 7.62. The van der Waals surface area contributed by atoms with E-state index in [-0.39, 0.29) is 20.5 Å². The third-order valence-electron chi connectivity index (χ3n) is 5.37. The van der Waals surface area contributed by atoms with Crippen molar-refractivity contribution in [2.45, 2.75) is 25.9 Å². The first-order valence-electron chi connectivity index (χ1n) is 9.72. The number of hydrogen-bond donors (Lipinski definition) is 0. The number of aromatic nitrogens is 2. The van der Waals surface area contributed by atoms with Gasteiger partial charge >= 0.3 is 0 Å². The van der Waals surface area contributed by atoms with Gasteiger partial charge in [0.25, 0.3) is 0 Å². The van der Waals surface area contributed by atoms with Gasteiger partial charge in [-0.2, -0.15) is 0 Å². The van der Waals surface area contributed by atoms with Crippen LogP contribution < -0.4 is 10.7 Å². The number of carbonyl (C=O) groups is 1. The van der Waals surface area contributed by atoms with Gasteiger partial charge in [0.05, 0.1) is 11.9 Å². The number of carbonyl (C=O) groups excluding carboxylic acids is 1. The van der Waals surface area contributed by atoms with E-state index in [1.54, 1.807) is 4.90 Å². The molecule has 168 valence electrons. The molecule has 2 aromatic rings. The monoisotopic (exact) mass is 566 g/mol. The minimum Gasteiger partial charge on any atom is -0.341 e. The smallest absolute Gasteiger partial charge is 0.227 e. The van der Waals surface area contributed by atoms with Crippen molar-refractivity contribution in [1.82, 2.24) is 19.8 Å². The summed E-state index contributed by atoms with van der Waals surface area (Å²) in [7, 11) is 16.9. The van der Waals surface area contributed by atoms with Gasteiger partial charge in [0, 0.05) is 56.1 Å².